The predicted octanol–water partition coefficient (Wildman–Crippen LogP) is 2.52. The van der Waals surface area contributed by atoms with Crippen LogP contribution in [0.25, 0.3) is 10.9 Å². The van der Waals surface area contributed by atoms with Crippen molar-refractivity contribution in [3.05, 3.63) is 35.0 Å². The standard InChI is InChI=1S/C23H32ClN5O2/c1-3-27(23(31)21-15-17-14-18(24)4-5-20(17)25-21)16-22(30)29-12-10-28(11-13-29)19-6-8-26(2)9-7-19/h4-5,14-15,19,25H,3,6-13,16H2,1-2H3/i15D. The van der Waals surface area contributed by atoms with Crippen molar-refractivity contribution in [3.63, 3.8) is 0 Å². The van der Waals surface area contributed by atoms with Crippen molar-refractivity contribution >= 4 is 34.3 Å². The van der Waals surface area contributed by atoms with E-state index in [-0.39, 0.29) is 30.1 Å². The molecule has 0 bridgehead atoms. The molecular weight excluding hydrogens is 414 g/mol. The fourth-order valence-corrected chi connectivity index (χ4v) is 4.75. The Morgan fingerprint density at radius 2 is 1.90 bits per heavy atom. The number of hydrogen-bond donors (Lipinski definition) is 1. The van der Waals surface area contributed by atoms with Crippen LogP contribution >= 0.6 is 11.6 Å². The lowest BCUT2D eigenvalue weighted by atomic mass is 10.0. The highest BCUT2D eigenvalue weighted by atomic mass is 35.5. The van der Waals surface area contributed by atoms with Crippen LogP contribution in [0.15, 0.2) is 24.2 Å². The number of hydrogen-bond acceptors (Lipinski definition) is 4. The van der Waals surface area contributed by atoms with E-state index in [4.69, 9.17) is 13.0 Å². The van der Waals surface area contributed by atoms with Gasteiger partial charge in [0.05, 0.1) is 1.37 Å². The van der Waals surface area contributed by atoms with Gasteiger partial charge in [-0.05, 0) is 64.1 Å². The zero-order valence-electron chi connectivity index (χ0n) is 19.4. The summed E-state index contributed by atoms with van der Waals surface area (Å²) in [7, 11) is 2.17. The van der Waals surface area contributed by atoms with Crippen LogP contribution in [0.1, 0.15) is 31.6 Å². The Labute approximate surface area is 190 Å². The average Bonchev–Trinajstić information content (AvgIpc) is 3.13. The van der Waals surface area contributed by atoms with Gasteiger partial charge in [0.1, 0.15) is 12.2 Å². The first-order chi connectivity index (χ1) is 15.4. The van der Waals surface area contributed by atoms with Gasteiger partial charge in [-0.1, -0.05) is 11.6 Å². The van der Waals surface area contributed by atoms with E-state index in [1.54, 1.807) is 18.2 Å². The molecule has 31 heavy (non-hydrogen) atoms. The number of halogens is 1. The van der Waals surface area contributed by atoms with Gasteiger partial charge in [0.15, 0.2) is 0 Å². The fraction of sp³-hybridized carbons (Fsp3) is 0.565. The van der Waals surface area contributed by atoms with Gasteiger partial charge in [-0.3, -0.25) is 14.5 Å². The third-order valence-corrected chi connectivity index (χ3v) is 6.82. The maximum Gasteiger partial charge on any atom is 0.270 e. The number of fused-ring (bicyclic) bond motifs is 1. The van der Waals surface area contributed by atoms with Crippen molar-refractivity contribution in [2.24, 2.45) is 0 Å². The van der Waals surface area contributed by atoms with Crippen LogP contribution in [0, 0.1) is 0 Å². The van der Waals surface area contributed by atoms with Crippen LogP contribution in [0.2, 0.25) is 5.02 Å². The van der Waals surface area contributed by atoms with E-state index in [1.165, 1.54) is 17.7 Å². The number of aromatic amines is 1. The molecule has 2 aliphatic rings. The Hall–Kier alpha value is -2.09. The third kappa shape index (κ3) is 5.05. The minimum absolute atomic E-state index is 0.0269. The highest BCUT2D eigenvalue weighted by Crippen LogP contribution is 2.21. The maximum absolute atomic E-state index is 13.1. The van der Waals surface area contributed by atoms with Crippen LogP contribution in [0.3, 0.4) is 0 Å². The number of carbonyl (C=O) groups excluding carboxylic acids is 2. The molecule has 7 nitrogen and oxygen atoms in total. The Morgan fingerprint density at radius 1 is 1.19 bits per heavy atom. The minimum Gasteiger partial charge on any atom is -0.351 e. The molecule has 8 heteroatoms. The summed E-state index contributed by atoms with van der Waals surface area (Å²) >= 11 is 6.04. The summed E-state index contributed by atoms with van der Waals surface area (Å²) in [5.74, 6) is -0.364. The van der Waals surface area contributed by atoms with Crippen LogP contribution in [0.5, 0.6) is 0 Å². The number of H-pyrrole nitrogens is 1. The van der Waals surface area contributed by atoms with Crippen LogP contribution in [0.4, 0.5) is 0 Å². The molecule has 1 aromatic carbocycles. The molecule has 1 N–H and O–H groups in total. The van der Waals surface area contributed by atoms with Crippen molar-refractivity contribution in [2.45, 2.75) is 25.8 Å². The van der Waals surface area contributed by atoms with E-state index < -0.39 is 0 Å². The van der Waals surface area contributed by atoms with E-state index in [9.17, 15) is 9.59 Å². The summed E-state index contributed by atoms with van der Waals surface area (Å²) in [6.07, 6.45) is 2.38. The highest BCUT2D eigenvalue weighted by Gasteiger charge is 2.29. The quantitative estimate of drug-likeness (QED) is 0.766. The molecule has 0 radical (unpaired) electrons. The number of nitrogens with one attached hydrogen (secondary N) is 1. The second-order valence-corrected chi connectivity index (χ2v) is 9.02. The molecule has 2 saturated heterocycles. The maximum atomic E-state index is 13.1. The Bertz CT molecular complexity index is 980. The number of benzene rings is 1. The van der Waals surface area contributed by atoms with Crippen molar-refractivity contribution < 1.29 is 11.0 Å². The lowest BCUT2D eigenvalue weighted by Crippen LogP contribution is -2.55. The monoisotopic (exact) mass is 446 g/mol. The van der Waals surface area contributed by atoms with Gasteiger partial charge >= 0.3 is 0 Å². The smallest absolute Gasteiger partial charge is 0.270 e. The number of carbonyl (C=O) groups is 2. The fourth-order valence-electron chi connectivity index (χ4n) is 4.58. The summed E-state index contributed by atoms with van der Waals surface area (Å²) in [5.41, 5.74) is 0.888. The predicted molar refractivity (Wildman–Crippen MR) is 124 cm³/mol. The molecule has 3 heterocycles. The number of amides is 2. The molecule has 0 atom stereocenters. The molecular formula is C23H32ClN5O2. The zero-order chi connectivity index (χ0) is 22.8. The SMILES string of the molecule is [2H]c1c(C(=O)N(CC)CC(=O)N2CCN(C3CCN(C)CC3)CC2)[nH]c2ccc(Cl)cc12. The van der Waals surface area contributed by atoms with E-state index in [0.29, 0.717) is 41.6 Å². The van der Waals surface area contributed by atoms with Crippen LogP contribution in [-0.4, -0.2) is 102 Å². The number of likely N-dealkylation sites (tertiary alicyclic amines) is 1. The number of rotatable bonds is 5. The summed E-state index contributed by atoms with van der Waals surface area (Å²) < 4.78 is 8.38. The van der Waals surface area contributed by atoms with Crippen LogP contribution < -0.4 is 0 Å². The summed E-state index contributed by atoms with van der Waals surface area (Å²) in [6.45, 7) is 7.72. The lowest BCUT2D eigenvalue weighted by molar-refractivity contribution is -0.134. The van der Waals surface area contributed by atoms with E-state index in [0.717, 1.165) is 26.2 Å². The first kappa shape index (κ1) is 20.8. The summed E-state index contributed by atoms with van der Waals surface area (Å²) in [4.78, 5) is 37.4. The Morgan fingerprint density at radius 3 is 2.58 bits per heavy atom. The second kappa shape index (κ2) is 9.59. The van der Waals surface area contributed by atoms with E-state index in [2.05, 4.69) is 21.8 Å². The van der Waals surface area contributed by atoms with Crippen molar-refractivity contribution in [2.75, 3.05) is 59.4 Å². The molecule has 0 unspecified atom stereocenters. The first-order valence-corrected chi connectivity index (χ1v) is 11.5. The number of nitrogens with zero attached hydrogens (tertiary/aromatic N) is 4. The molecule has 2 fully saturated rings. The molecule has 2 amide bonds. The molecule has 0 saturated carbocycles. The lowest BCUT2D eigenvalue weighted by Gasteiger charge is -2.42. The second-order valence-electron chi connectivity index (χ2n) is 8.59. The molecule has 1 aromatic heterocycles. The number of likely N-dealkylation sites (N-methyl/N-ethyl adjacent to an activating group) is 1. The van der Waals surface area contributed by atoms with Crippen molar-refractivity contribution in [1.29, 1.82) is 0 Å². The number of piperidine rings is 1. The van der Waals surface area contributed by atoms with Gasteiger partial charge in [0.2, 0.25) is 5.91 Å². The molecule has 2 aliphatic heterocycles. The van der Waals surface area contributed by atoms with Gasteiger partial charge in [-0.25, -0.2) is 0 Å². The van der Waals surface area contributed by atoms with Crippen molar-refractivity contribution in [3.8, 4) is 0 Å². The van der Waals surface area contributed by atoms with E-state index >= 15 is 0 Å². The van der Waals surface area contributed by atoms with Gasteiger partial charge < -0.3 is 19.7 Å². The normalized spacial score (nSPS) is 19.6. The largest absolute Gasteiger partial charge is 0.351 e. The van der Waals surface area contributed by atoms with Crippen LogP contribution in [-0.2, 0) is 4.79 Å². The highest BCUT2D eigenvalue weighted by molar-refractivity contribution is 6.31. The molecule has 2 aromatic rings. The molecule has 0 aliphatic carbocycles. The zero-order valence-corrected chi connectivity index (χ0v) is 19.1. The van der Waals surface area contributed by atoms with Gasteiger partial charge in [-0.15, -0.1) is 0 Å². The van der Waals surface area contributed by atoms with Gasteiger partial charge in [0.25, 0.3) is 5.91 Å². The van der Waals surface area contributed by atoms with Gasteiger partial charge in [-0.2, -0.15) is 0 Å². The van der Waals surface area contributed by atoms with Crippen molar-refractivity contribution in [1.82, 2.24) is 24.6 Å². The Balaban J connectivity index is 1.36. The third-order valence-electron chi connectivity index (χ3n) is 6.58. The first-order valence-electron chi connectivity index (χ1n) is 11.6. The Kier molecular flexibility index (Phi) is 6.43. The molecule has 0 spiro atoms. The summed E-state index contributed by atoms with van der Waals surface area (Å²) in [5, 5.41) is 1.12. The minimum atomic E-state index is -0.330. The number of piperazine rings is 1. The van der Waals surface area contributed by atoms with E-state index in [1.807, 2.05) is 11.8 Å². The average molecular weight is 447 g/mol. The molecule has 4 rings (SSSR count). The topological polar surface area (TPSA) is 62.9 Å². The van der Waals surface area contributed by atoms with Gasteiger partial charge in [0, 0.05) is 54.7 Å². The number of aromatic nitrogens is 1. The molecule has 168 valence electrons. The summed E-state index contributed by atoms with van der Waals surface area (Å²) in [6, 6.07) is 5.89.